The minimum Gasteiger partial charge on any atom is -0.508 e. The maximum Gasteiger partial charge on any atom is 0.302 e. The highest BCUT2D eigenvalue weighted by Gasteiger charge is 2.51. The number of benzene rings is 3. The zero-order valence-corrected chi connectivity index (χ0v) is 42.7. The van der Waals surface area contributed by atoms with Gasteiger partial charge in [-0.25, -0.2) is 4.98 Å². The van der Waals surface area contributed by atoms with Gasteiger partial charge < -0.3 is 50.3 Å². The lowest BCUT2D eigenvalue weighted by molar-refractivity contribution is -0.141. The second-order valence-corrected chi connectivity index (χ2v) is 23.4. The van der Waals surface area contributed by atoms with Crippen molar-refractivity contribution in [3.05, 3.63) is 92.7 Å². The number of nitrogens with zero attached hydrogens (tertiary/aromatic N) is 1. The van der Waals surface area contributed by atoms with Crippen LogP contribution in [0.15, 0.2) is 42.5 Å². The Morgan fingerprint density at radius 1 is 1.04 bits per heavy atom. The number of hydrogen-bond donors (Lipinski definition) is 5. The van der Waals surface area contributed by atoms with Crippen LogP contribution in [0.3, 0.4) is 0 Å². The molecule has 0 amide bonds. The number of pyridine rings is 1. The summed E-state index contributed by atoms with van der Waals surface area (Å²) in [5.74, 6) is 11.6. The third-order valence-electron chi connectivity index (χ3n) is 16.3. The van der Waals surface area contributed by atoms with E-state index in [1.54, 1.807) is 20.3 Å². The summed E-state index contributed by atoms with van der Waals surface area (Å²) in [4.78, 5) is 17.8. The molecule has 1 aromatic heterocycles. The highest BCUT2D eigenvalue weighted by Crippen LogP contribution is 2.63. The number of aromatic hydroxyl groups is 2. The fourth-order valence-electron chi connectivity index (χ4n) is 13.1. The fourth-order valence-corrected chi connectivity index (χ4v) is 15.8. The Kier molecular flexibility index (Phi) is 13.9. The van der Waals surface area contributed by atoms with Crippen molar-refractivity contribution in [1.29, 1.82) is 0 Å². The second kappa shape index (κ2) is 20.5. The number of anilines is 1. The van der Waals surface area contributed by atoms with E-state index in [0.717, 1.165) is 119 Å². The van der Waals surface area contributed by atoms with Gasteiger partial charge in [-0.1, -0.05) is 64.3 Å². The van der Waals surface area contributed by atoms with Crippen molar-refractivity contribution < 1.29 is 38.7 Å². The van der Waals surface area contributed by atoms with Crippen LogP contribution in [-0.2, 0) is 45.5 Å². The molecule has 5 heterocycles. The van der Waals surface area contributed by atoms with Crippen molar-refractivity contribution in [3.8, 4) is 51.7 Å². The zero-order valence-electron chi connectivity index (χ0n) is 41.1. The lowest BCUT2D eigenvalue weighted by Crippen LogP contribution is -2.49. The summed E-state index contributed by atoms with van der Waals surface area (Å²) in [6.07, 6.45) is 14.5. The number of methoxy groups -OCH3 is 2. The molecule has 0 radical (unpaired) electrons. The summed E-state index contributed by atoms with van der Waals surface area (Å²) < 4.78 is 32.5. The second-order valence-electron chi connectivity index (χ2n) is 20.9. The predicted octanol–water partition coefficient (Wildman–Crippen LogP) is 9.48. The van der Waals surface area contributed by atoms with Crippen LogP contribution in [0, 0.1) is 23.7 Å². The molecule has 14 heteroatoms. The molecular formula is C57H66N4O8S2. The number of fused-ring (bicyclic) bond motifs is 12. The fraction of sp³-hybridized carbons (Fsp3) is 0.509. The molecule has 374 valence electrons. The van der Waals surface area contributed by atoms with Crippen LogP contribution in [0.4, 0.5) is 5.82 Å². The summed E-state index contributed by atoms with van der Waals surface area (Å²) in [5.41, 5.74) is 16.1. The molecule has 11 rings (SSSR count). The number of aromatic nitrogens is 1. The first-order valence-corrected chi connectivity index (χ1v) is 28.2. The zero-order chi connectivity index (χ0) is 48.8. The molecule has 71 heavy (non-hydrogen) atoms. The van der Waals surface area contributed by atoms with Gasteiger partial charge in [0.15, 0.2) is 11.5 Å². The first-order chi connectivity index (χ1) is 34.6. The monoisotopic (exact) mass is 998 g/mol. The molecule has 2 saturated carbocycles. The van der Waals surface area contributed by atoms with Crippen molar-refractivity contribution in [1.82, 2.24) is 15.6 Å². The van der Waals surface area contributed by atoms with E-state index in [-0.39, 0.29) is 48.1 Å². The lowest BCUT2D eigenvalue weighted by atomic mass is 9.65. The number of nitrogen functional groups attached to an aromatic ring is 1. The standard InChI is InChI=1S/C57H66N4O8S2/c1-32(62)67-29-44-40-13-14-41-50-36(24-38(63)25-47(50)66-3)27-57-19-18-33(26-57)22-35-12-17-49(58)61-45(35)11-7-10-39-43(28-59-20-4-5-21-65-2)53(64)56-42(51(39)54(44)69-55(40)52(41)57)15-16-46-48(68-56)31-71-70-30-34-8-6-9-37(23-34)60-46/h12-17,24-25,33-34,37,44,46,48,54,59-60,63-64H,4-6,8-10,18-23,26-31H2,1-3H3,(H2,58,61)/t33-,34-,37+,44+,46+,48-,54+,57-/m1/s1. The van der Waals surface area contributed by atoms with Gasteiger partial charge in [-0.05, 0) is 123 Å². The van der Waals surface area contributed by atoms with E-state index >= 15 is 0 Å². The Hall–Kier alpha value is -5.04. The number of esters is 1. The van der Waals surface area contributed by atoms with Crippen LogP contribution in [0.1, 0.15) is 127 Å². The normalized spacial score (nSPS) is 26.7. The van der Waals surface area contributed by atoms with Gasteiger partial charge >= 0.3 is 5.97 Å². The van der Waals surface area contributed by atoms with E-state index in [0.29, 0.717) is 72.6 Å². The molecule has 8 atom stereocenters. The maximum atomic E-state index is 12.9. The quantitative estimate of drug-likeness (QED) is 0.0441. The van der Waals surface area contributed by atoms with Crippen LogP contribution >= 0.6 is 21.6 Å². The van der Waals surface area contributed by atoms with Crippen LogP contribution in [0.5, 0.6) is 28.7 Å². The lowest BCUT2D eigenvalue weighted by Gasteiger charge is -2.39. The number of rotatable bonds is 10. The van der Waals surface area contributed by atoms with E-state index in [1.165, 1.54) is 19.8 Å². The van der Waals surface area contributed by atoms with Crippen LogP contribution in [0.2, 0.25) is 0 Å². The van der Waals surface area contributed by atoms with Gasteiger partial charge in [0.25, 0.3) is 0 Å². The smallest absolute Gasteiger partial charge is 0.302 e. The highest BCUT2D eigenvalue weighted by molar-refractivity contribution is 8.76. The molecule has 0 unspecified atom stereocenters. The van der Waals surface area contributed by atoms with Crippen molar-refractivity contribution in [2.24, 2.45) is 11.8 Å². The molecule has 6 bridgehead atoms. The van der Waals surface area contributed by atoms with E-state index in [4.69, 9.17) is 34.4 Å². The number of unbranched alkanes of at least 4 members (excludes halogenated alkanes) is 1. The maximum absolute atomic E-state index is 12.9. The number of phenolic OH excluding ortho intramolecular Hbond substituents is 2. The largest absolute Gasteiger partial charge is 0.508 e. The van der Waals surface area contributed by atoms with Crippen LogP contribution in [-0.4, -0.2) is 84.8 Å². The van der Waals surface area contributed by atoms with Crippen molar-refractivity contribution in [2.75, 3.05) is 51.2 Å². The SMILES string of the molecule is COCCCCNCc1c(O)c2c(c3c1CC#Cc1nc(N)ccc1C[C@H]1CC[C@]4(Cc5cc(O)cc(OC)c5-c5ccc6c(c54)O[C@H]3[C@H]6COC(C)=O)C1)C=C[C@@H]1N[C@H]3CCC[C@@H](CSSC[C@H]1O2)C3. The molecule has 6 N–H and O–H groups in total. The molecule has 7 aliphatic rings. The number of phenols is 2. The Morgan fingerprint density at radius 2 is 1.93 bits per heavy atom. The number of nitrogens with two attached hydrogens (primary N) is 1. The first kappa shape index (κ1) is 48.2. The summed E-state index contributed by atoms with van der Waals surface area (Å²) in [6.45, 7) is 3.26. The third kappa shape index (κ3) is 9.35. The molecule has 4 aromatic rings. The highest BCUT2D eigenvalue weighted by atomic mass is 33.1. The van der Waals surface area contributed by atoms with Crippen molar-refractivity contribution >= 4 is 39.5 Å². The van der Waals surface area contributed by atoms with Gasteiger partial charge in [-0.2, -0.15) is 0 Å². The van der Waals surface area contributed by atoms with E-state index in [9.17, 15) is 15.0 Å². The molecule has 3 fully saturated rings. The summed E-state index contributed by atoms with van der Waals surface area (Å²) in [7, 11) is 7.17. The Balaban J connectivity index is 1.15. The van der Waals surface area contributed by atoms with Crippen molar-refractivity contribution in [2.45, 2.75) is 126 Å². The summed E-state index contributed by atoms with van der Waals surface area (Å²) >= 11 is 0. The summed E-state index contributed by atoms with van der Waals surface area (Å²) in [5, 5.41) is 31.7. The van der Waals surface area contributed by atoms with Crippen LogP contribution < -0.4 is 30.6 Å². The molecule has 1 saturated heterocycles. The topological polar surface area (TPSA) is 167 Å². The van der Waals surface area contributed by atoms with Gasteiger partial charge in [0.1, 0.15) is 47.6 Å². The number of nitrogens with one attached hydrogen (secondary N) is 2. The number of carbonyl (C=O) groups is 1. The van der Waals surface area contributed by atoms with Gasteiger partial charge in [-0.15, -0.1) is 0 Å². The Labute approximate surface area is 425 Å². The minimum absolute atomic E-state index is 0.0771. The van der Waals surface area contributed by atoms with E-state index in [1.807, 2.05) is 33.7 Å². The van der Waals surface area contributed by atoms with Crippen molar-refractivity contribution in [3.63, 3.8) is 0 Å². The summed E-state index contributed by atoms with van der Waals surface area (Å²) in [6, 6.07) is 12.2. The molecule has 3 aliphatic carbocycles. The van der Waals surface area contributed by atoms with E-state index < -0.39 is 12.0 Å². The van der Waals surface area contributed by atoms with E-state index in [2.05, 4.69) is 52.8 Å². The van der Waals surface area contributed by atoms with Gasteiger partial charge in [-0.3, -0.25) is 4.79 Å². The average Bonchev–Trinajstić information content (AvgIpc) is 3.87. The number of ether oxygens (including phenoxy) is 5. The molecule has 4 aliphatic heterocycles. The van der Waals surface area contributed by atoms with Gasteiger partial charge in [0.2, 0.25) is 0 Å². The number of carbonyl (C=O) groups excluding carboxylic acids is 1. The first-order valence-electron chi connectivity index (χ1n) is 25.7. The average molecular weight is 999 g/mol. The predicted molar refractivity (Wildman–Crippen MR) is 280 cm³/mol. The Morgan fingerprint density at radius 3 is 2.79 bits per heavy atom. The van der Waals surface area contributed by atoms with Gasteiger partial charge in [0, 0.05) is 96.0 Å². The minimum atomic E-state index is -0.673. The molecule has 12 nitrogen and oxygen atoms in total. The molecule has 1 spiro atoms. The Bertz CT molecular complexity index is 2810. The van der Waals surface area contributed by atoms with Crippen LogP contribution in [0.25, 0.3) is 17.2 Å². The molecular weight excluding hydrogens is 933 g/mol. The van der Waals surface area contributed by atoms with Gasteiger partial charge in [0.05, 0.1) is 19.1 Å². The third-order valence-corrected chi connectivity index (χ3v) is 18.9. The molecule has 3 aromatic carbocycles. The number of hydrogen-bond acceptors (Lipinski definition) is 14.